The van der Waals surface area contributed by atoms with Crippen LogP contribution in [-0.2, 0) is 0 Å². The van der Waals surface area contributed by atoms with Gasteiger partial charge in [0.05, 0.1) is 5.56 Å². The summed E-state index contributed by atoms with van der Waals surface area (Å²) in [5.41, 5.74) is 0.577. The average Bonchev–Trinajstić information content (AvgIpc) is 2.57. The van der Waals surface area contributed by atoms with Crippen LogP contribution in [0.1, 0.15) is 23.0 Å². The third-order valence-electron chi connectivity index (χ3n) is 3.26. The van der Waals surface area contributed by atoms with Crippen molar-refractivity contribution >= 4 is 17.7 Å². The number of aryl methyl sites for hydroxylation is 1. The first-order valence-electron chi connectivity index (χ1n) is 8.25. The molecule has 0 aliphatic rings. The van der Waals surface area contributed by atoms with E-state index in [0.717, 1.165) is 11.8 Å². The van der Waals surface area contributed by atoms with Crippen LogP contribution in [0, 0.1) is 6.92 Å². The number of nitrogens with one attached hydrogen (secondary N) is 3. The molecule has 0 spiro atoms. The van der Waals surface area contributed by atoms with Crippen molar-refractivity contribution in [2.75, 3.05) is 30.3 Å². The highest BCUT2D eigenvalue weighted by Crippen LogP contribution is 2.26. The highest BCUT2D eigenvalue weighted by molar-refractivity contribution is 5.96. The van der Waals surface area contributed by atoms with Crippen molar-refractivity contribution in [3.63, 3.8) is 0 Å². The van der Waals surface area contributed by atoms with E-state index in [1.165, 1.54) is 18.2 Å². The van der Waals surface area contributed by atoms with Crippen LogP contribution in [0.2, 0.25) is 0 Å². The maximum atomic E-state index is 12.4. The lowest BCUT2D eigenvalue weighted by molar-refractivity contribution is -0.274. The lowest BCUT2D eigenvalue weighted by Gasteiger charge is -2.13. The molecular weight excluding hydrogens is 363 g/mol. The molecule has 1 aromatic heterocycles. The van der Waals surface area contributed by atoms with E-state index in [9.17, 15) is 18.0 Å². The van der Waals surface area contributed by atoms with Crippen LogP contribution in [0.5, 0.6) is 5.75 Å². The van der Waals surface area contributed by atoms with E-state index in [1.54, 1.807) is 6.07 Å². The van der Waals surface area contributed by atoms with Gasteiger partial charge in [-0.2, -0.15) is 4.98 Å². The Bertz CT molecular complexity index is 783. The predicted octanol–water partition coefficient (Wildman–Crippen LogP) is 2.96. The molecular formula is C17H20F3N5O2. The van der Waals surface area contributed by atoms with Gasteiger partial charge in [-0.25, -0.2) is 4.98 Å². The monoisotopic (exact) mass is 383 g/mol. The number of ether oxygens (including phenoxy) is 1. The van der Waals surface area contributed by atoms with E-state index in [1.807, 2.05) is 13.8 Å². The number of amides is 1. The van der Waals surface area contributed by atoms with E-state index in [4.69, 9.17) is 0 Å². The summed E-state index contributed by atoms with van der Waals surface area (Å²) in [6, 6.07) is 6.92. The largest absolute Gasteiger partial charge is 0.573 e. The molecule has 0 radical (unpaired) electrons. The van der Waals surface area contributed by atoms with E-state index >= 15 is 0 Å². The van der Waals surface area contributed by atoms with Crippen molar-refractivity contribution in [2.24, 2.45) is 0 Å². The fourth-order valence-electron chi connectivity index (χ4n) is 2.23. The number of aromatic nitrogens is 2. The normalized spacial score (nSPS) is 11.0. The molecule has 0 aliphatic carbocycles. The highest BCUT2D eigenvalue weighted by atomic mass is 19.4. The Morgan fingerprint density at radius 1 is 1.15 bits per heavy atom. The number of anilines is 2. The zero-order valence-corrected chi connectivity index (χ0v) is 14.9. The third-order valence-corrected chi connectivity index (χ3v) is 3.26. The van der Waals surface area contributed by atoms with Crippen molar-refractivity contribution in [2.45, 2.75) is 20.2 Å². The van der Waals surface area contributed by atoms with Crippen LogP contribution < -0.4 is 20.7 Å². The number of para-hydroxylation sites is 1. The molecule has 3 N–H and O–H groups in total. The number of rotatable bonds is 8. The fraction of sp³-hybridized carbons (Fsp3) is 0.353. The summed E-state index contributed by atoms with van der Waals surface area (Å²) in [4.78, 5) is 20.6. The molecule has 0 bridgehead atoms. The minimum absolute atomic E-state index is 0.179. The number of carbonyl (C=O) groups is 1. The van der Waals surface area contributed by atoms with Crippen molar-refractivity contribution in [1.82, 2.24) is 15.3 Å². The number of benzene rings is 1. The summed E-state index contributed by atoms with van der Waals surface area (Å²) in [7, 11) is 0. The van der Waals surface area contributed by atoms with Gasteiger partial charge in [-0.05, 0) is 26.0 Å². The third kappa shape index (κ3) is 6.65. The Morgan fingerprint density at radius 2 is 1.89 bits per heavy atom. The SMILES string of the molecule is CCNc1nc(C)cc(NCCNC(=O)c2ccccc2OC(F)(F)F)n1. The standard InChI is InChI=1S/C17H20F3N5O2/c1-3-21-16-24-11(2)10-14(25-16)22-8-9-23-15(26)12-6-4-5-7-13(12)27-17(18,19)20/h4-7,10H,3,8-9H2,1-2H3,(H,23,26)(H2,21,22,24,25). The number of carbonyl (C=O) groups excluding carboxylic acids is 1. The molecule has 7 nitrogen and oxygen atoms in total. The number of hydrogen-bond acceptors (Lipinski definition) is 6. The van der Waals surface area contributed by atoms with Crippen LogP contribution in [-0.4, -0.2) is 41.9 Å². The van der Waals surface area contributed by atoms with Gasteiger partial charge < -0.3 is 20.7 Å². The molecule has 0 atom stereocenters. The molecule has 0 saturated carbocycles. The first-order chi connectivity index (χ1) is 12.8. The number of alkyl halides is 3. The topological polar surface area (TPSA) is 88.2 Å². The van der Waals surface area contributed by atoms with Crippen molar-refractivity contribution < 1.29 is 22.7 Å². The first-order valence-corrected chi connectivity index (χ1v) is 8.25. The lowest BCUT2D eigenvalue weighted by atomic mass is 10.2. The lowest BCUT2D eigenvalue weighted by Crippen LogP contribution is -2.30. The van der Waals surface area contributed by atoms with Crippen molar-refractivity contribution in [3.8, 4) is 5.75 Å². The Hall–Kier alpha value is -3.04. The highest BCUT2D eigenvalue weighted by Gasteiger charge is 2.32. The van der Waals surface area contributed by atoms with Crippen LogP contribution in [0.25, 0.3) is 0 Å². The Labute approximate surface area is 154 Å². The molecule has 0 unspecified atom stereocenters. The summed E-state index contributed by atoms with van der Waals surface area (Å²) >= 11 is 0. The summed E-state index contributed by atoms with van der Waals surface area (Å²) in [6.45, 7) is 4.94. The predicted molar refractivity (Wildman–Crippen MR) is 94.9 cm³/mol. The fourth-order valence-corrected chi connectivity index (χ4v) is 2.23. The molecule has 0 aliphatic heterocycles. The summed E-state index contributed by atoms with van der Waals surface area (Å²) < 4.78 is 41.1. The van der Waals surface area contributed by atoms with Gasteiger partial charge in [-0.3, -0.25) is 4.79 Å². The van der Waals surface area contributed by atoms with E-state index in [2.05, 4.69) is 30.7 Å². The number of nitrogens with zero attached hydrogens (tertiary/aromatic N) is 2. The first kappa shape index (κ1) is 20.3. The smallest absolute Gasteiger partial charge is 0.405 e. The van der Waals surface area contributed by atoms with E-state index < -0.39 is 18.0 Å². The van der Waals surface area contributed by atoms with Crippen molar-refractivity contribution in [3.05, 3.63) is 41.6 Å². The number of halogens is 3. The molecule has 2 rings (SSSR count). The molecule has 0 fully saturated rings. The molecule has 10 heteroatoms. The van der Waals surface area contributed by atoms with Crippen molar-refractivity contribution in [1.29, 1.82) is 0 Å². The number of hydrogen-bond donors (Lipinski definition) is 3. The maximum Gasteiger partial charge on any atom is 0.573 e. The van der Waals surface area contributed by atoms with E-state index in [-0.39, 0.29) is 12.1 Å². The molecule has 1 heterocycles. The van der Waals surface area contributed by atoms with Gasteiger partial charge in [0.15, 0.2) is 0 Å². The summed E-state index contributed by atoms with van der Waals surface area (Å²) in [5, 5.41) is 8.57. The molecule has 146 valence electrons. The van der Waals surface area contributed by atoms with Crippen LogP contribution in [0.4, 0.5) is 24.9 Å². The molecule has 1 aromatic carbocycles. The van der Waals surface area contributed by atoms with Gasteiger partial charge in [-0.1, -0.05) is 12.1 Å². The Kier molecular flexibility index (Phi) is 6.80. The minimum atomic E-state index is -4.87. The van der Waals surface area contributed by atoms with Crippen LogP contribution >= 0.6 is 0 Å². The van der Waals surface area contributed by atoms with Crippen LogP contribution in [0.15, 0.2) is 30.3 Å². The molecule has 27 heavy (non-hydrogen) atoms. The summed E-state index contributed by atoms with van der Waals surface area (Å²) in [6.07, 6.45) is -4.87. The Balaban J connectivity index is 1.90. The average molecular weight is 383 g/mol. The zero-order chi connectivity index (χ0) is 19.9. The van der Waals surface area contributed by atoms with Gasteiger partial charge in [0.2, 0.25) is 5.95 Å². The van der Waals surface area contributed by atoms with E-state index in [0.29, 0.717) is 24.9 Å². The van der Waals surface area contributed by atoms with Gasteiger partial charge in [0.25, 0.3) is 5.91 Å². The van der Waals surface area contributed by atoms with Gasteiger partial charge in [0.1, 0.15) is 11.6 Å². The maximum absolute atomic E-state index is 12.4. The molecule has 2 aromatic rings. The second-order valence-corrected chi connectivity index (χ2v) is 5.48. The molecule has 0 saturated heterocycles. The van der Waals surface area contributed by atoms with Crippen LogP contribution in [0.3, 0.4) is 0 Å². The molecule has 1 amide bonds. The minimum Gasteiger partial charge on any atom is -0.405 e. The Morgan fingerprint density at radius 3 is 2.59 bits per heavy atom. The van der Waals surface area contributed by atoms with Gasteiger partial charge in [-0.15, -0.1) is 13.2 Å². The van der Waals surface area contributed by atoms with Gasteiger partial charge >= 0.3 is 6.36 Å². The second kappa shape index (κ2) is 9.06. The zero-order valence-electron chi connectivity index (χ0n) is 14.9. The quantitative estimate of drug-likeness (QED) is 0.608. The second-order valence-electron chi connectivity index (χ2n) is 5.48. The summed E-state index contributed by atoms with van der Waals surface area (Å²) in [5.74, 6) is -0.142. The van der Waals surface area contributed by atoms with Gasteiger partial charge in [0, 0.05) is 31.4 Å².